The Bertz CT molecular complexity index is 174. The summed E-state index contributed by atoms with van der Waals surface area (Å²) in [7, 11) is 0. The molecule has 0 unspecified atom stereocenters. The van der Waals surface area contributed by atoms with Crippen LogP contribution in [0.3, 0.4) is 0 Å². The van der Waals surface area contributed by atoms with Gasteiger partial charge in [-0.05, 0) is 18.2 Å². The summed E-state index contributed by atoms with van der Waals surface area (Å²) in [5.74, 6) is 1.37. The molecule has 1 aromatic rings. The highest BCUT2D eigenvalue weighted by Crippen LogP contribution is 2.07. The molecule has 1 radical (unpaired) electrons. The molecule has 10 heavy (non-hydrogen) atoms. The molecule has 1 aromatic carbocycles. The minimum Gasteiger partial charge on any atom is -0.492 e. The van der Waals surface area contributed by atoms with Crippen molar-refractivity contribution in [1.29, 1.82) is 0 Å². The summed E-state index contributed by atoms with van der Waals surface area (Å²) in [6.07, 6.45) is 0. The molecule has 0 heterocycles. The van der Waals surface area contributed by atoms with E-state index in [1.165, 1.54) is 0 Å². The van der Waals surface area contributed by atoms with Gasteiger partial charge in [0.1, 0.15) is 12.4 Å². The van der Waals surface area contributed by atoms with Crippen molar-refractivity contribution in [3.8, 4) is 5.75 Å². The van der Waals surface area contributed by atoms with E-state index in [1.807, 2.05) is 24.3 Å². The molecule has 0 saturated carbocycles. The monoisotopic (exact) mass is 155 g/mol. The third-order valence-electron chi connectivity index (χ3n) is 1.03. The highest BCUT2D eigenvalue weighted by atomic mass is 35.5. The lowest BCUT2D eigenvalue weighted by molar-refractivity contribution is 0.343. The highest BCUT2D eigenvalue weighted by Gasteiger charge is 1.87. The van der Waals surface area contributed by atoms with E-state index < -0.39 is 0 Å². The smallest absolute Gasteiger partial charge is 0.119 e. The number of halogens is 1. The Morgan fingerprint density at radius 2 is 2.10 bits per heavy atom. The Balaban J connectivity index is 2.43. The van der Waals surface area contributed by atoms with Crippen LogP contribution in [0.2, 0.25) is 0 Å². The maximum atomic E-state index is 5.42. The van der Waals surface area contributed by atoms with Crippen molar-refractivity contribution in [2.45, 2.75) is 0 Å². The summed E-state index contributed by atoms with van der Waals surface area (Å²) in [5, 5.41) is 0. The molecule has 0 fully saturated rings. The fourth-order valence-electron chi connectivity index (χ4n) is 0.624. The molecule has 0 aliphatic carbocycles. The van der Waals surface area contributed by atoms with Gasteiger partial charge in [-0.1, -0.05) is 12.1 Å². The van der Waals surface area contributed by atoms with Crippen molar-refractivity contribution in [2.24, 2.45) is 0 Å². The van der Waals surface area contributed by atoms with Crippen molar-refractivity contribution in [3.63, 3.8) is 0 Å². The Hall–Kier alpha value is -0.690. The van der Waals surface area contributed by atoms with Crippen molar-refractivity contribution in [1.82, 2.24) is 0 Å². The van der Waals surface area contributed by atoms with Crippen LogP contribution in [-0.2, 0) is 0 Å². The van der Waals surface area contributed by atoms with Gasteiger partial charge in [0.2, 0.25) is 0 Å². The van der Waals surface area contributed by atoms with E-state index in [0.717, 1.165) is 5.75 Å². The highest BCUT2D eigenvalue weighted by molar-refractivity contribution is 6.17. The second-order valence-corrected chi connectivity index (χ2v) is 2.15. The first-order chi connectivity index (χ1) is 4.93. The average Bonchev–Trinajstić information content (AvgIpc) is 2.03. The third kappa shape index (κ3) is 2.28. The molecule has 0 aliphatic rings. The predicted octanol–water partition coefficient (Wildman–Crippen LogP) is 2.10. The maximum absolute atomic E-state index is 5.42. The number of ether oxygens (including phenoxy) is 1. The Kier molecular flexibility index (Phi) is 3.10. The van der Waals surface area contributed by atoms with Crippen LogP contribution < -0.4 is 4.74 Å². The number of alkyl halides is 1. The minimum atomic E-state index is 0.526. The summed E-state index contributed by atoms with van der Waals surface area (Å²) in [6, 6.07) is 10.2. The molecule has 0 amide bonds. The lowest BCUT2D eigenvalue weighted by Crippen LogP contribution is -1.96. The van der Waals surface area contributed by atoms with Crippen molar-refractivity contribution < 1.29 is 4.74 Å². The molecule has 1 rings (SSSR count). The fourth-order valence-corrected chi connectivity index (χ4v) is 0.701. The van der Waals surface area contributed by atoms with Gasteiger partial charge in [0.05, 0.1) is 5.88 Å². The van der Waals surface area contributed by atoms with E-state index in [9.17, 15) is 0 Å². The first kappa shape index (κ1) is 7.42. The summed E-state index contributed by atoms with van der Waals surface area (Å²) in [5.41, 5.74) is 0. The lowest BCUT2D eigenvalue weighted by atomic mass is 10.3. The number of rotatable bonds is 3. The van der Waals surface area contributed by atoms with E-state index in [0.29, 0.717) is 12.5 Å². The van der Waals surface area contributed by atoms with Gasteiger partial charge >= 0.3 is 0 Å². The molecule has 0 saturated heterocycles. The quantitative estimate of drug-likeness (QED) is 0.608. The SMILES string of the molecule is ClCCOc1cc[c]cc1. The predicted molar refractivity (Wildman–Crippen MR) is 41.5 cm³/mol. The molecule has 0 spiro atoms. The summed E-state index contributed by atoms with van der Waals surface area (Å²) in [6.45, 7) is 0.561. The van der Waals surface area contributed by atoms with Crippen LogP contribution in [-0.4, -0.2) is 12.5 Å². The van der Waals surface area contributed by atoms with Gasteiger partial charge in [0.15, 0.2) is 0 Å². The Labute approximate surface area is 65.6 Å². The van der Waals surface area contributed by atoms with Crippen molar-refractivity contribution in [3.05, 3.63) is 30.3 Å². The molecule has 2 heteroatoms. The molecule has 0 bridgehead atoms. The van der Waals surface area contributed by atoms with Crippen LogP contribution in [0, 0.1) is 6.07 Å². The van der Waals surface area contributed by atoms with Crippen LogP contribution in [0.25, 0.3) is 0 Å². The molecule has 1 nitrogen and oxygen atoms in total. The van der Waals surface area contributed by atoms with Crippen LogP contribution in [0.4, 0.5) is 0 Å². The van der Waals surface area contributed by atoms with Crippen LogP contribution in [0.15, 0.2) is 24.3 Å². The molecule has 53 valence electrons. The molecule has 0 N–H and O–H groups in total. The molecule has 0 atom stereocenters. The topological polar surface area (TPSA) is 9.23 Å². The largest absolute Gasteiger partial charge is 0.492 e. The van der Waals surface area contributed by atoms with Gasteiger partial charge in [0.25, 0.3) is 0 Å². The molecular weight excluding hydrogens is 148 g/mol. The number of hydrogen-bond acceptors (Lipinski definition) is 1. The zero-order valence-corrected chi connectivity index (χ0v) is 6.27. The fraction of sp³-hybridized carbons (Fsp3) is 0.250. The number of hydrogen-bond donors (Lipinski definition) is 0. The van der Waals surface area contributed by atoms with Gasteiger partial charge in [-0.25, -0.2) is 0 Å². The van der Waals surface area contributed by atoms with Crippen LogP contribution in [0.1, 0.15) is 0 Å². The lowest BCUT2D eigenvalue weighted by Gasteiger charge is -2.00. The van der Waals surface area contributed by atoms with Gasteiger partial charge in [-0.2, -0.15) is 0 Å². The first-order valence-electron chi connectivity index (χ1n) is 3.08. The van der Waals surface area contributed by atoms with Gasteiger partial charge < -0.3 is 4.74 Å². The van der Waals surface area contributed by atoms with E-state index in [1.54, 1.807) is 0 Å². The van der Waals surface area contributed by atoms with Gasteiger partial charge in [-0.15, -0.1) is 11.6 Å². The molecular formula is C8H8ClO. The normalized spacial score (nSPS) is 9.30. The molecule has 0 aromatic heterocycles. The van der Waals surface area contributed by atoms with Crippen LogP contribution in [0.5, 0.6) is 5.75 Å². The average molecular weight is 156 g/mol. The first-order valence-corrected chi connectivity index (χ1v) is 3.62. The van der Waals surface area contributed by atoms with E-state index in [4.69, 9.17) is 16.3 Å². The summed E-state index contributed by atoms with van der Waals surface area (Å²) in [4.78, 5) is 0. The van der Waals surface area contributed by atoms with Crippen LogP contribution >= 0.6 is 11.6 Å². The second-order valence-electron chi connectivity index (χ2n) is 1.77. The standard InChI is InChI=1S/C8H8ClO/c9-6-7-10-8-4-2-1-3-5-8/h2-5H,6-7H2. The second kappa shape index (κ2) is 4.18. The van der Waals surface area contributed by atoms with Gasteiger partial charge in [0, 0.05) is 0 Å². The van der Waals surface area contributed by atoms with Crippen molar-refractivity contribution >= 4 is 11.6 Å². The zero-order valence-electron chi connectivity index (χ0n) is 5.51. The summed E-state index contributed by atoms with van der Waals surface area (Å²) < 4.78 is 5.20. The number of benzene rings is 1. The van der Waals surface area contributed by atoms with Crippen molar-refractivity contribution in [2.75, 3.05) is 12.5 Å². The van der Waals surface area contributed by atoms with Gasteiger partial charge in [-0.3, -0.25) is 0 Å². The Morgan fingerprint density at radius 1 is 1.40 bits per heavy atom. The maximum Gasteiger partial charge on any atom is 0.119 e. The third-order valence-corrected chi connectivity index (χ3v) is 1.19. The van der Waals surface area contributed by atoms with E-state index in [-0.39, 0.29) is 0 Å². The van der Waals surface area contributed by atoms with E-state index in [2.05, 4.69) is 6.07 Å². The summed E-state index contributed by atoms with van der Waals surface area (Å²) >= 11 is 5.42. The van der Waals surface area contributed by atoms with E-state index >= 15 is 0 Å². The Morgan fingerprint density at radius 3 is 2.70 bits per heavy atom. The minimum absolute atomic E-state index is 0.526. The zero-order chi connectivity index (χ0) is 7.23. The molecule has 0 aliphatic heterocycles.